The molecule has 0 fully saturated rings. The number of hydrogen-bond acceptors (Lipinski definition) is 4. The second-order valence-electron chi connectivity index (χ2n) is 5.71. The minimum absolute atomic E-state index is 0.146. The van der Waals surface area contributed by atoms with Gasteiger partial charge in [0.05, 0.1) is 0 Å². The van der Waals surface area contributed by atoms with Crippen molar-refractivity contribution >= 4 is 15.8 Å². The van der Waals surface area contributed by atoms with Crippen molar-refractivity contribution in [1.29, 1.82) is 0 Å². The van der Waals surface area contributed by atoms with Crippen LogP contribution in [0.4, 0.5) is 5.69 Å². The minimum Gasteiger partial charge on any atom is -0.381 e. The maximum absolute atomic E-state index is 12.3. The van der Waals surface area contributed by atoms with E-state index in [1.807, 2.05) is 49.4 Å². The summed E-state index contributed by atoms with van der Waals surface area (Å²) in [6.45, 7) is 2.55. The van der Waals surface area contributed by atoms with Crippen LogP contribution in [0.2, 0.25) is 0 Å². The highest BCUT2D eigenvalue weighted by Crippen LogP contribution is 2.20. The fourth-order valence-electron chi connectivity index (χ4n) is 2.30. The van der Waals surface area contributed by atoms with Gasteiger partial charge in [0.1, 0.15) is 10.6 Å². The number of para-hydroxylation sites is 1. The summed E-state index contributed by atoms with van der Waals surface area (Å²) in [6, 6.07) is 23.5. The molecule has 0 bridgehead atoms. The number of benzene rings is 3. The molecule has 3 rings (SSSR count). The molecule has 0 aliphatic rings. The lowest BCUT2D eigenvalue weighted by Gasteiger charge is -2.09. The van der Waals surface area contributed by atoms with E-state index in [9.17, 15) is 8.42 Å². The summed E-state index contributed by atoms with van der Waals surface area (Å²) in [6.07, 6.45) is 0. The SMILES string of the molecule is Cc1ccc(S(=O)(=O)Oc2ccc(CNc3ccccc3)cc2)cc1. The molecule has 0 spiro atoms. The zero-order valence-corrected chi connectivity index (χ0v) is 14.7. The Morgan fingerprint density at radius 2 is 1.48 bits per heavy atom. The van der Waals surface area contributed by atoms with Gasteiger partial charge in [0, 0.05) is 12.2 Å². The van der Waals surface area contributed by atoms with Crippen LogP contribution in [-0.2, 0) is 16.7 Å². The highest BCUT2D eigenvalue weighted by Gasteiger charge is 2.16. The Kier molecular flexibility index (Phi) is 5.05. The van der Waals surface area contributed by atoms with Crippen molar-refractivity contribution in [2.24, 2.45) is 0 Å². The van der Waals surface area contributed by atoms with Crippen molar-refractivity contribution in [2.75, 3.05) is 5.32 Å². The van der Waals surface area contributed by atoms with Crippen LogP contribution in [0.5, 0.6) is 5.75 Å². The minimum atomic E-state index is -3.81. The number of aryl methyl sites for hydroxylation is 1. The maximum atomic E-state index is 12.3. The van der Waals surface area contributed by atoms with E-state index in [-0.39, 0.29) is 4.90 Å². The van der Waals surface area contributed by atoms with E-state index in [4.69, 9.17) is 4.18 Å². The predicted octanol–water partition coefficient (Wildman–Crippen LogP) is 4.37. The Labute approximate surface area is 148 Å². The van der Waals surface area contributed by atoms with Gasteiger partial charge in [-0.15, -0.1) is 0 Å². The average Bonchev–Trinajstić information content (AvgIpc) is 2.62. The van der Waals surface area contributed by atoms with Gasteiger partial charge in [-0.25, -0.2) is 0 Å². The quantitative estimate of drug-likeness (QED) is 0.669. The Morgan fingerprint density at radius 1 is 0.840 bits per heavy atom. The Bertz CT molecular complexity index is 919. The number of rotatable bonds is 6. The molecule has 0 saturated heterocycles. The standard InChI is InChI=1S/C20H19NO3S/c1-16-7-13-20(14-8-16)25(22,23)24-19-11-9-17(10-12-19)15-21-18-5-3-2-4-6-18/h2-14,21H,15H2,1H3. The molecule has 128 valence electrons. The molecule has 0 aromatic heterocycles. The lowest BCUT2D eigenvalue weighted by atomic mass is 10.2. The maximum Gasteiger partial charge on any atom is 0.339 e. The van der Waals surface area contributed by atoms with Crippen molar-refractivity contribution in [3.05, 3.63) is 90.0 Å². The zero-order valence-electron chi connectivity index (χ0n) is 13.8. The second-order valence-corrected chi connectivity index (χ2v) is 7.26. The molecule has 0 radical (unpaired) electrons. The third-order valence-corrected chi connectivity index (χ3v) is 4.97. The average molecular weight is 353 g/mol. The highest BCUT2D eigenvalue weighted by atomic mass is 32.2. The van der Waals surface area contributed by atoms with E-state index >= 15 is 0 Å². The Hall–Kier alpha value is -2.79. The zero-order chi connectivity index (χ0) is 17.7. The van der Waals surface area contributed by atoms with E-state index in [1.165, 1.54) is 0 Å². The summed E-state index contributed by atoms with van der Waals surface area (Å²) in [5.41, 5.74) is 3.06. The number of hydrogen-bond donors (Lipinski definition) is 1. The van der Waals surface area contributed by atoms with Gasteiger partial charge in [-0.05, 0) is 48.9 Å². The smallest absolute Gasteiger partial charge is 0.339 e. The largest absolute Gasteiger partial charge is 0.381 e. The van der Waals surface area contributed by atoms with E-state index in [2.05, 4.69) is 5.32 Å². The van der Waals surface area contributed by atoms with E-state index < -0.39 is 10.1 Å². The molecule has 0 atom stereocenters. The first kappa shape index (κ1) is 17.0. The summed E-state index contributed by atoms with van der Waals surface area (Å²) in [7, 11) is -3.81. The summed E-state index contributed by atoms with van der Waals surface area (Å²) in [5.74, 6) is 0.295. The van der Waals surface area contributed by atoms with Crippen molar-refractivity contribution in [1.82, 2.24) is 0 Å². The molecule has 3 aromatic carbocycles. The summed E-state index contributed by atoms with van der Waals surface area (Å²) in [5, 5.41) is 3.30. The van der Waals surface area contributed by atoms with Crippen molar-refractivity contribution in [2.45, 2.75) is 18.4 Å². The second kappa shape index (κ2) is 7.40. The van der Waals surface area contributed by atoms with Gasteiger partial charge < -0.3 is 9.50 Å². The first-order chi connectivity index (χ1) is 12.0. The lowest BCUT2D eigenvalue weighted by Crippen LogP contribution is -2.09. The van der Waals surface area contributed by atoms with Crippen LogP contribution in [-0.4, -0.2) is 8.42 Å². The predicted molar refractivity (Wildman–Crippen MR) is 99.2 cm³/mol. The molecule has 5 heteroatoms. The first-order valence-electron chi connectivity index (χ1n) is 7.92. The molecule has 0 saturated carbocycles. The van der Waals surface area contributed by atoms with E-state index in [0.29, 0.717) is 12.3 Å². The molecule has 0 aliphatic heterocycles. The number of anilines is 1. The molecule has 0 aliphatic carbocycles. The van der Waals surface area contributed by atoms with Crippen LogP contribution in [0.3, 0.4) is 0 Å². The van der Waals surface area contributed by atoms with Gasteiger partial charge in [0.25, 0.3) is 0 Å². The Balaban J connectivity index is 1.65. The molecule has 4 nitrogen and oxygen atoms in total. The number of nitrogens with one attached hydrogen (secondary N) is 1. The summed E-state index contributed by atoms with van der Waals surface area (Å²) >= 11 is 0. The van der Waals surface area contributed by atoms with Gasteiger partial charge in [0.2, 0.25) is 0 Å². The van der Waals surface area contributed by atoms with E-state index in [0.717, 1.165) is 16.8 Å². The third-order valence-electron chi connectivity index (χ3n) is 3.71. The van der Waals surface area contributed by atoms with Crippen LogP contribution in [0.1, 0.15) is 11.1 Å². The molecule has 0 amide bonds. The van der Waals surface area contributed by atoms with Gasteiger partial charge in [-0.2, -0.15) is 8.42 Å². The van der Waals surface area contributed by atoms with Crippen molar-refractivity contribution < 1.29 is 12.6 Å². The molecule has 0 heterocycles. The topological polar surface area (TPSA) is 55.4 Å². The van der Waals surface area contributed by atoms with Crippen LogP contribution < -0.4 is 9.50 Å². The summed E-state index contributed by atoms with van der Waals surface area (Å²) in [4.78, 5) is 0.146. The van der Waals surface area contributed by atoms with E-state index in [1.54, 1.807) is 36.4 Å². The van der Waals surface area contributed by atoms with Crippen LogP contribution in [0, 0.1) is 6.92 Å². The van der Waals surface area contributed by atoms with Crippen LogP contribution in [0.15, 0.2) is 83.8 Å². The highest BCUT2D eigenvalue weighted by molar-refractivity contribution is 7.87. The molecule has 1 N–H and O–H groups in total. The molecule has 3 aromatic rings. The first-order valence-corrected chi connectivity index (χ1v) is 9.33. The van der Waals surface area contributed by atoms with Gasteiger partial charge in [0.15, 0.2) is 0 Å². The van der Waals surface area contributed by atoms with Crippen molar-refractivity contribution in [3.8, 4) is 5.75 Å². The van der Waals surface area contributed by atoms with Gasteiger partial charge in [-0.1, -0.05) is 48.0 Å². The monoisotopic (exact) mass is 353 g/mol. The molecular formula is C20H19NO3S. The Morgan fingerprint density at radius 3 is 2.12 bits per heavy atom. The van der Waals surface area contributed by atoms with Gasteiger partial charge in [-0.3, -0.25) is 0 Å². The van der Waals surface area contributed by atoms with Gasteiger partial charge >= 0.3 is 10.1 Å². The normalized spacial score (nSPS) is 11.1. The fraction of sp³-hybridized carbons (Fsp3) is 0.100. The third kappa shape index (κ3) is 4.61. The summed E-state index contributed by atoms with van der Waals surface area (Å²) < 4.78 is 29.7. The van der Waals surface area contributed by atoms with Crippen LogP contribution in [0.25, 0.3) is 0 Å². The van der Waals surface area contributed by atoms with Crippen molar-refractivity contribution in [3.63, 3.8) is 0 Å². The molecular weight excluding hydrogens is 334 g/mol. The van der Waals surface area contributed by atoms with Crippen LogP contribution >= 0.6 is 0 Å². The molecule has 25 heavy (non-hydrogen) atoms. The fourth-order valence-corrected chi connectivity index (χ4v) is 3.23. The lowest BCUT2D eigenvalue weighted by molar-refractivity contribution is 0.486. The molecule has 0 unspecified atom stereocenters.